The summed E-state index contributed by atoms with van der Waals surface area (Å²) in [5.41, 5.74) is 1.28. The lowest BCUT2D eigenvalue weighted by Crippen LogP contribution is -2.29. The van der Waals surface area contributed by atoms with Gasteiger partial charge in [0.05, 0.1) is 6.61 Å². The second-order valence-corrected chi connectivity index (χ2v) is 8.75. The molecular formula is C23H30N2O2. The molecule has 4 nitrogen and oxygen atoms in total. The van der Waals surface area contributed by atoms with E-state index in [-0.39, 0.29) is 5.41 Å². The van der Waals surface area contributed by atoms with Gasteiger partial charge in [-0.3, -0.25) is 4.90 Å². The Balaban J connectivity index is 1.64. The first-order valence-corrected chi connectivity index (χ1v) is 10.1. The fourth-order valence-corrected chi connectivity index (χ4v) is 3.66. The molecule has 144 valence electrons. The molecule has 2 heterocycles. The van der Waals surface area contributed by atoms with E-state index in [9.17, 15) is 0 Å². The smallest absolute Gasteiger partial charge is 0.223 e. The lowest BCUT2D eigenvalue weighted by atomic mass is 9.88. The number of hydrogen-bond donors (Lipinski definition) is 0. The predicted molar refractivity (Wildman–Crippen MR) is 107 cm³/mol. The van der Waals surface area contributed by atoms with E-state index in [1.165, 1.54) is 25.8 Å². The zero-order valence-corrected chi connectivity index (χ0v) is 16.5. The van der Waals surface area contributed by atoms with Gasteiger partial charge in [-0.15, -0.1) is 0 Å². The van der Waals surface area contributed by atoms with Gasteiger partial charge in [-0.1, -0.05) is 32.0 Å². The third kappa shape index (κ3) is 5.01. The van der Waals surface area contributed by atoms with Crippen molar-refractivity contribution in [1.82, 2.24) is 9.88 Å². The van der Waals surface area contributed by atoms with E-state index in [1.54, 1.807) is 6.20 Å². The van der Waals surface area contributed by atoms with E-state index in [0.717, 1.165) is 42.5 Å². The number of fused-ring (bicyclic) bond motifs is 2. The number of para-hydroxylation sites is 2. The second kappa shape index (κ2) is 7.89. The Morgan fingerprint density at radius 2 is 1.93 bits per heavy atom. The third-order valence-corrected chi connectivity index (χ3v) is 5.46. The first-order valence-electron chi connectivity index (χ1n) is 10.1. The predicted octanol–water partition coefficient (Wildman–Crippen LogP) is 5.28. The average molecular weight is 367 g/mol. The monoisotopic (exact) mass is 366 g/mol. The van der Waals surface area contributed by atoms with Crippen LogP contribution in [0.15, 0.2) is 42.6 Å². The molecule has 0 N–H and O–H groups in total. The lowest BCUT2D eigenvalue weighted by Gasteiger charge is -2.27. The summed E-state index contributed by atoms with van der Waals surface area (Å²) in [6, 6.07) is 12.0. The molecule has 4 rings (SSSR count). The van der Waals surface area contributed by atoms with E-state index in [4.69, 9.17) is 9.47 Å². The SMILES string of the molecule is CC1(C)CCCN(CC2CC2)Cc2cccnc2Oc2ccccc2OC1. The van der Waals surface area contributed by atoms with Crippen LogP contribution in [0.4, 0.5) is 0 Å². The van der Waals surface area contributed by atoms with Crippen LogP contribution in [-0.2, 0) is 6.54 Å². The van der Waals surface area contributed by atoms with Gasteiger partial charge in [-0.2, -0.15) is 0 Å². The summed E-state index contributed by atoms with van der Waals surface area (Å²) in [6.45, 7) is 8.45. The van der Waals surface area contributed by atoms with Crippen molar-refractivity contribution < 1.29 is 9.47 Å². The van der Waals surface area contributed by atoms with Crippen LogP contribution in [0, 0.1) is 11.3 Å². The molecule has 2 aromatic rings. The number of pyridine rings is 1. The highest BCUT2D eigenvalue weighted by atomic mass is 16.5. The summed E-state index contributed by atoms with van der Waals surface area (Å²) in [7, 11) is 0. The summed E-state index contributed by atoms with van der Waals surface area (Å²) in [6.07, 6.45) is 6.88. The van der Waals surface area contributed by atoms with Crippen LogP contribution in [0.25, 0.3) is 0 Å². The van der Waals surface area contributed by atoms with Crippen molar-refractivity contribution >= 4 is 0 Å². The number of aromatic nitrogens is 1. The quantitative estimate of drug-likeness (QED) is 0.724. The molecule has 0 amide bonds. The number of nitrogens with zero attached hydrogens (tertiary/aromatic N) is 2. The fraction of sp³-hybridized carbons (Fsp3) is 0.522. The van der Waals surface area contributed by atoms with E-state index >= 15 is 0 Å². The lowest BCUT2D eigenvalue weighted by molar-refractivity contribution is 0.154. The molecule has 0 spiro atoms. The number of ether oxygens (including phenoxy) is 2. The first-order chi connectivity index (χ1) is 13.1. The summed E-state index contributed by atoms with van der Waals surface area (Å²) in [5, 5.41) is 0. The van der Waals surface area contributed by atoms with Crippen molar-refractivity contribution in [2.45, 2.75) is 46.1 Å². The van der Waals surface area contributed by atoms with Crippen molar-refractivity contribution in [3.05, 3.63) is 48.2 Å². The van der Waals surface area contributed by atoms with Gasteiger partial charge in [0.15, 0.2) is 11.5 Å². The Morgan fingerprint density at radius 3 is 2.74 bits per heavy atom. The molecule has 27 heavy (non-hydrogen) atoms. The van der Waals surface area contributed by atoms with Crippen LogP contribution in [0.3, 0.4) is 0 Å². The molecule has 1 aromatic heterocycles. The summed E-state index contributed by atoms with van der Waals surface area (Å²) in [5.74, 6) is 3.09. The van der Waals surface area contributed by atoms with Gasteiger partial charge in [0, 0.05) is 24.8 Å². The maximum absolute atomic E-state index is 6.23. The molecule has 2 aliphatic rings. The number of benzene rings is 1. The molecule has 1 saturated carbocycles. The van der Waals surface area contributed by atoms with Crippen molar-refractivity contribution in [1.29, 1.82) is 0 Å². The highest BCUT2D eigenvalue weighted by molar-refractivity contribution is 5.43. The van der Waals surface area contributed by atoms with Crippen molar-refractivity contribution in [3.63, 3.8) is 0 Å². The molecule has 0 atom stereocenters. The Kier molecular flexibility index (Phi) is 5.35. The third-order valence-electron chi connectivity index (χ3n) is 5.46. The molecule has 4 heteroatoms. The highest BCUT2D eigenvalue weighted by Crippen LogP contribution is 2.36. The van der Waals surface area contributed by atoms with Crippen LogP contribution in [0.2, 0.25) is 0 Å². The largest absolute Gasteiger partial charge is 0.489 e. The number of rotatable bonds is 2. The van der Waals surface area contributed by atoms with Crippen LogP contribution in [0.5, 0.6) is 17.4 Å². The van der Waals surface area contributed by atoms with Crippen LogP contribution >= 0.6 is 0 Å². The zero-order chi connectivity index (χ0) is 18.7. The molecular weight excluding hydrogens is 336 g/mol. The molecule has 1 aliphatic heterocycles. The van der Waals surface area contributed by atoms with Crippen molar-refractivity contribution in [2.24, 2.45) is 11.3 Å². The molecule has 0 saturated heterocycles. The van der Waals surface area contributed by atoms with Gasteiger partial charge in [0.2, 0.25) is 5.88 Å². The minimum Gasteiger partial charge on any atom is -0.489 e. The van der Waals surface area contributed by atoms with Crippen molar-refractivity contribution in [3.8, 4) is 17.4 Å². The topological polar surface area (TPSA) is 34.6 Å². The minimum absolute atomic E-state index is 0.136. The maximum Gasteiger partial charge on any atom is 0.223 e. The number of hydrogen-bond acceptors (Lipinski definition) is 4. The molecule has 1 aromatic carbocycles. The summed E-state index contributed by atoms with van der Waals surface area (Å²) < 4.78 is 12.4. The molecule has 1 aliphatic carbocycles. The van der Waals surface area contributed by atoms with E-state index in [1.807, 2.05) is 30.3 Å². The average Bonchev–Trinajstić information content (AvgIpc) is 3.46. The van der Waals surface area contributed by atoms with Crippen molar-refractivity contribution in [2.75, 3.05) is 19.7 Å². The Labute approximate surface area is 162 Å². The minimum atomic E-state index is 0.136. The Hall–Kier alpha value is -2.07. The summed E-state index contributed by atoms with van der Waals surface area (Å²) in [4.78, 5) is 7.11. The van der Waals surface area contributed by atoms with Gasteiger partial charge in [-0.25, -0.2) is 4.98 Å². The summed E-state index contributed by atoms with van der Waals surface area (Å²) >= 11 is 0. The second-order valence-electron chi connectivity index (χ2n) is 8.75. The normalized spacial score (nSPS) is 20.7. The van der Waals surface area contributed by atoms with Crippen LogP contribution in [-0.4, -0.2) is 29.6 Å². The van der Waals surface area contributed by atoms with Crippen LogP contribution < -0.4 is 9.47 Å². The zero-order valence-electron chi connectivity index (χ0n) is 16.5. The molecule has 0 radical (unpaired) electrons. The molecule has 0 bridgehead atoms. The van der Waals surface area contributed by atoms with Gasteiger partial charge in [0.25, 0.3) is 0 Å². The fourth-order valence-electron chi connectivity index (χ4n) is 3.66. The molecule has 1 fully saturated rings. The van der Waals surface area contributed by atoms with Gasteiger partial charge in [-0.05, 0) is 61.8 Å². The Bertz CT molecular complexity index is 770. The Morgan fingerprint density at radius 1 is 1.11 bits per heavy atom. The van der Waals surface area contributed by atoms with Gasteiger partial charge >= 0.3 is 0 Å². The molecule has 0 unspecified atom stereocenters. The first kappa shape index (κ1) is 18.3. The van der Waals surface area contributed by atoms with Gasteiger partial charge in [0.1, 0.15) is 0 Å². The van der Waals surface area contributed by atoms with E-state index in [2.05, 4.69) is 29.8 Å². The van der Waals surface area contributed by atoms with Crippen LogP contribution in [0.1, 0.15) is 45.1 Å². The van der Waals surface area contributed by atoms with E-state index in [0.29, 0.717) is 12.5 Å². The van der Waals surface area contributed by atoms with Gasteiger partial charge < -0.3 is 9.47 Å². The van der Waals surface area contributed by atoms with E-state index < -0.39 is 0 Å². The highest BCUT2D eigenvalue weighted by Gasteiger charge is 2.26. The maximum atomic E-state index is 6.23. The standard InChI is InChI=1S/C23H30N2O2/c1-23(2)12-6-14-25(15-18-10-11-18)16-19-7-5-13-24-22(19)27-21-9-4-3-8-20(21)26-17-23/h3-5,7-9,13,18H,6,10-12,14-17H2,1-2H3.